The normalized spacial score (nSPS) is 14.5. The summed E-state index contributed by atoms with van der Waals surface area (Å²) in [6.45, 7) is 4.83. The second kappa shape index (κ2) is 13.3. The van der Waals surface area contributed by atoms with Gasteiger partial charge in [0.1, 0.15) is 12.6 Å². The standard InChI is InChI=1S/C31H35Cl2N3O4S/c1-21-11-15-28(16-12-21)41(39,40)36(29-18-26(33)14-13-22(29)2)20-30(37)35(19-24-7-6-8-25(32)17-24)23(3)31(38)34-27-9-4-5-10-27/h6-8,11-18,23,27H,4-5,9-10,19-20H2,1-3H3,(H,34,38)/t23-/m1/s1. The predicted octanol–water partition coefficient (Wildman–Crippen LogP) is 6.28. The van der Waals surface area contributed by atoms with Crippen LogP contribution >= 0.6 is 23.2 Å². The summed E-state index contributed by atoms with van der Waals surface area (Å²) >= 11 is 12.5. The fourth-order valence-corrected chi connectivity index (χ4v) is 6.86. The van der Waals surface area contributed by atoms with E-state index in [2.05, 4.69) is 5.32 Å². The Labute approximate surface area is 252 Å². The zero-order valence-corrected chi connectivity index (χ0v) is 25.8. The molecule has 4 rings (SSSR count). The summed E-state index contributed by atoms with van der Waals surface area (Å²) < 4.78 is 29.1. The van der Waals surface area contributed by atoms with E-state index in [1.807, 2.05) is 13.0 Å². The van der Waals surface area contributed by atoms with Crippen LogP contribution in [0.15, 0.2) is 71.6 Å². The zero-order valence-electron chi connectivity index (χ0n) is 23.4. The Balaban J connectivity index is 1.72. The highest BCUT2D eigenvalue weighted by molar-refractivity contribution is 7.92. The van der Waals surface area contributed by atoms with Gasteiger partial charge in [-0.3, -0.25) is 13.9 Å². The molecule has 218 valence electrons. The summed E-state index contributed by atoms with van der Waals surface area (Å²) in [5.74, 6) is -0.812. The van der Waals surface area contributed by atoms with Crippen LogP contribution in [0.5, 0.6) is 0 Å². The summed E-state index contributed by atoms with van der Waals surface area (Å²) in [7, 11) is -4.18. The molecule has 1 aliphatic rings. The molecule has 1 saturated carbocycles. The molecule has 41 heavy (non-hydrogen) atoms. The molecular formula is C31H35Cl2N3O4S. The number of carbonyl (C=O) groups is 2. The minimum Gasteiger partial charge on any atom is -0.352 e. The van der Waals surface area contributed by atoms with Gasteiger partial charge in [0.15, 0.2) is 0 Å². The van der Waals surface area contributed by atoms with Crippen molar-refractivity contribution in [3.8, 4) is 0 Å². The van der Waals surface area contributed by atoms with E-state index >= 15 is 0 Å². The molecule has 0 heterocycles. The smallest absolute Gasteiger partial charge is 0.264 e. The molecule has 0 radical (unpaired) electrons. The van der Waals surface area contributed by atoms with Crippen molar-refractivity contribution in [1.82, 2.24) is 10.2 Å². The molecule has 0 bridgehead atoms. The maximum absolute atomic E-state index is 14.1. The number of nitrogens with one attached hydrogen (secondary N) is 1. The van der Waals surface area contributed by atoms with Gasteiger partial charge in [0.05, 0.1) is 10.6 Å². The van der Waals surface area contributed by atoms with E-state index in [0.29, 0.717) is 15.6 Å². The number of rotatable bonds is 10. The molecule has 0 aliphatic heterocycles. The molecule has 2 amide bonds. The fraction of sp³-hybridized carbons (Fsp3) is 0.355. The van der Waals surface area contributed by atoms with Crippen LogP contribution in [0.2, 0.25) is 10.0 Å². The third-order valence-corrected chi connectivity index (χ3v) is 9.68. The Kier molecular flexibility index (Phi) is 10.00. The largest absolute Gasteiger partial charge is 0.352 e. The lowest BCUT2D eigenvalue weighted by atomic mass is 10.1. The van der Waals surface area contributed by atoms with E-state index in [4.69, 9.17) is 23.2 Å². The Morgan fingerprint density at radius 3 is 2.27 bits per heavy atom. The molecule has 0 aromatic heterocycles. The minimum atomic E-state index is -4.18. The van der Waals surface area contributed by atoms with Gasteiger partial charge in [-0.25, -0.2) is 8.42 Å². The van der Waals surface area contributed by atoms with Gasteiger partial charge in [0.2, 0.25) is 11.8 Å². The average Bonchev–Trinajstić information content (AvgIpc) is 3.44. The van der Waals surface area contributed by atoms with E-state index in [9.17, 15) is 18.0 Å². The van der Waals surface area contributed by atoms with E-state index in [0.717, 1.165) is 41.1 Å². The number of anilines is 1. The van der Waals surface area contributed by atoms with Crippen LogP contribution in [-0.4, -0.2) is 43.8 Å². The van der Waals surface area contributed by atoms with Gasteiger partial charge in [-0.15, -0.1) is 0 Å². The topological polar surface area (TPSA) is 86.8 Å². The molecule has 0 unspecified atom stereocenters. The Morgan fingerprint density at radius 2 is 1.61 bits per heavy atom. The van der Waals surface area contributed by atoms with E-state index in [1.165, 1.54) is 23.1 Å². The van der Waals surface area contributed by atoms with Gasteiger partial charge in [-0.2, -0.15) is 0 Å². The van der Waals surface area contributed by atoms with Crippen LogP contribution < -0.4 is 9.62 Å². The molecule has 1 aliphatic carbocycles. The monoisotopic (exact) mass is 615 g/mol. The maximum Gasteiger partial charge on any atom is 0.264 e. The summed E-state index contributed by atoms with van der Waals surface area (Å²) in [6, 6.07) is 17.6. The molecule has 1 N–H and O–H groups in total. The Bertz CT molecular complexity index is 1510. The predicted molar refractivity (Wildman–Crippen MR) is 164 cm³/mol. The first-order chi connectivity index (χ1) is 19.5. The van der Waals surface area contributed by atoms with Crippen LogP contribution in [-0.2, 0) is 26.2 Å². The van der Waals surface area contributed by atoms with Crippen molar-refractivity contribution < 1.29 is 18.0 Å². The highest BCUT2D eigenvalue weighted by Crippen LogP contribution is 2.30. The molecule has 3 aromatic carbocycles. The van der Waals surface area contributed by atoms with Crippen molar-refractivity contribution in [1.29, 1.82) is 0 Å². The van der Waals surface area contributed by atoms with Gasteiger partial charge in [-0.1, -0.05) is 71.9 Å². The van der Waals surface area contributed by atoms with Crippen molar-refractivity contribution in [2.45, 2.75) is 70.0 Å². The summed E-state index contributed by atoms with van der Waals surface area (Å²) in [5, 5.41) is 3.90. The van der Waals surface area contributed by atoms with Gasteiger partial charge in [-0.05, 0) is 81.1 Å². The lowest BCUT2D eigenvalue weighted by molar-refractivity contribution is -0.139. The van der Waals surface area contributed by atoms with E-state index in [1.54, 1.807) is 56.3 Å². The molecule has 3 aromatic rings. The lowest BCUT2D eigenvalue weighted by Gasteiger charge is -2.33. The van der Waals surface area contributed by atoms with Crippen molar-refractivity contribution >= 4 is 50.7 Å². The summed E-state index contributed by atoms with van der Waals surface area (Å²) in [4.78, 5) is 28.9. The lowest BCUT2D eigenvalue weighted by Crippen LogP contribution is -2.52. The Hall–Kier alpha value is -3.07. The third-order valence-electron chi connectivity index (χ3n) is 7.44. The summed E-state index contributed by atoms with van der Waals surface area (Å²) in [5.41, 5.74) is 2.54. The van der Waals surface area contributed by atoms with E-state index < -0.39 is 28.5 Å². The highest BCUT2D eigenvalue weighted by atomic mass is 35.5. The minimum absolute atomic E-state index is 0.0451. The van der Waals surface area contributed by atoms with Crippen LogP contribution in [0, 0.1) is 13.8 Å². The highest BCUT2D eigenvalue weighted by Gasteiger charge is 2.34. The first kappa shape index (κ1) is 30.9. The molecule has 1 fully saturated rings. The third kappa shape index (κ3) is 7.61. The van der Waals surface area contributed by atoms with Crippen molar-refractivity contribution in [3.63, 3.8) is 0 Å². The van der Waals surface area contributed by atoms with Crippen LogP contribution in [0.3, 0.4) is 0 Å². The average molecular weight is 617 g/mol. The Morgan fingerprint density at radius 1 is 0.951 bits per heavy atom. The number of aryl methyl sites for hydroxylation is 2. The number of hydrogen-bond donors (Lipinski definition) is 1. The number of benzene rings is 3. The number of hydrogen-bond acceptors (Lipinski definition) is 4. The van der Waals surface area contributed by atoms with Gasteiger partial charge < -0.3 is 10.2 Å². The van der Waals surface area contributed by atoms with Crippen molar-refractivity contribution in [2.75, 3.05) is 10.8 Å². The quantitative estimate of drug-likeness (QED) is 0.291. The number of carbonyl (C=O) groups excluding carboxylic acids is 2. The SMILES string of the molecule is Cc1ccc(S(=O)(=O)N(CC(=O)N(Cc2cccc(Cl)c2)[C@H](C)C(=O)NC2CCCC2)c2cc(Cl)ccc2C)cc1. The first-order valence-electron chi connectivity index (χ1n) is 13.7. The second-order valence-corrected chi connectivity index (χ2v) is 13.3. The van der Waals surface area contributed by atoms with Gasteiger partial charge in [0.25, 0.3) is 10.0 Å². The van der Waals surface area contributed by atoms with Crippen LogP contribution in [0.25, 0.3) is 0 Å². The second-order valence-electron chi connectivity index (χ2n) is 10.6. The molecule has 0 saturated heterocycles. The maximum atomic E-state index is 14.1. The molecular weight excluding hydrogens is 581 g/mol. The van der Waals surface area contributed by atoms with E-state index in [-0.39, 0.29) is 29.1 Å². The van der Waals surface area contributed by atoms with Crippen LogP contribution in [0.1, 0.15) is 49.3 Å². The first-order valence-corrected chi connectivity index (χ1v) is 15.8. The summed E-state index contributed by atoms with van der Waals surface area (Å²) in [6.07, 6.45) is 3.90. The van der Waals surface area contributed by atoms with Crippen molar-refractivity contribution in [2.24, 2.45) is 0 Å². The number of nitrogens with zero attached hydrogens (tertiary/aromatic N) is 2. The van der Waals surface area contributed by atoms with Gasteiger partial charge in [0, 0.05) is 22.6 Å². The van der Waals surface area contributed by atoms with Crippen LogP contribution in [0.4, 0.5) is 5.69 Å². The molecule has 7 nitrogen and oxygen atoms in total. The fourth-order valence-electron chi connectivity index (χ4n) is 5.01. The number of amides is 2. The number of sulfonamides is 1. The molecule has 0 spiro atoms. The molecule has 1 atom stereocenters. The van der Waals surface area contributed by atoms with Gasteiger partial charge >= 0.3 is 0 Å². The zero-order chi connectivity index (χ0) is 29.7. The number of halogens is 2. The molecule has 10 heteroatoms. The van der Waals surface area contributed by atoms with Crippen molar-refractivity contribution in [3.05, 3.63) is 93.5 Å².